The fraction of sp³-hybridized carbons (Fsp3) is 0.529. The number of benzene rings is 1. The van der Waals surface area contributed by atoms with Gasteiger partial charge in [0.05, 0.1) is 10.0 Å². The molecule has 0 heterocycles. The summed E-state index contributed by atoms with van der Waals surface area (Å²) in [7, 11) is 3.38. The largest absolute Gasteiger partial charge is 0.347 e. The van der Waals surface area contributed by atoms with Gasteiger partial charge < -0.3 is 10.2 Å². The van der Waals surface area contributed by atoms with Crippen molar-refractivity contribution >= 4 is 35.0 Å². The summed E-state index contributed by atoms with van der Waals surface area (Å²) in [5.41, 5.74) is 0.827. The van der Waals surface area contributed by atoms with E-state index in [4.69, 9.17) is 23.2 Å². The smallest absolute Gasteiger partial charge is 0.244 e. The Morgan fingerprint density at radius 2 is 1.87 bits per heavy atom. The lowest BCUT2D eigenvalue weighted by Crippen LogP contribution is -2.47. The molecule has 1 rings (SSSR count). The van der Waals surface area contributed by atoms with E-state index in [0.717, 1.165) is 5.56 Å². The van der Waals surface area contributed by atoms with Crippen LogP contribution < -0.4 is 5.32 Å². The van der Waals surface area contributed by atoms with E-state index < -0.39 is 6.04 Å². The minimum Gasteiger partial charge on any atom is -0.347 e. The SMILES string of the molecule is CC(C)C[C@@H](NC(=O)CCc1cccc(Cl)c1Cl)C(=O)N(C)C. The molecule has 128 valence electrons. The zero-order valence-corrected chi connectivity index (χ0v) is 15.5. The fourth-order valence-electron chi connectivity index (χ4n) is 2.26. The number of nitrogens with zero attached hydrogens (tertiary/aromatic N) is 1. The molecule has 1 aromatic rings. The lowest BCUT2D eigenvalue weighted by molar-refractivity contribution is -0.134. The summed E-state index contributed by atoms with van der Waals surface area (Å²) in [5.74, 6) is 0.0568. The van der Waals surface area contributed by atoms with Crippen molar-refractivity contribution in [1.82, 2.24) is 10.2 Å². The lowest BCUT2D eigenvalue weighted by atomic mass is 10.0. The van der Waals surface area contributed by atoms with E-state index in [1.165, 1.54) is 4.90 Å². The molecular formula is C17H24Cl2N2O2. The number of amides is 2. The van der Waals surface area contributed by atoms with Crippen LogP contribution in [0.2, 0.25) is 10.0 Å². The fourth-order valence-corrected chi connectivity index (χ4v) is 2.68. The average Bonchev–Trinajstić information content (AvgIpc) is 2.46. The third kappa shape index (κ3) is 6.40. The van der Waals surface area contributed by atoms with Gasteiger partial charge in [0.15, 0.2) is 0 Å². The van der Waals surface area contributed by atoms with Gasteiger partial charge in [0.2, 0.25) is 11.8 Å². The average molecular weight is 359 g/mol. The summed E-state index contributed by atoms with van der Waals surface area (Å²) in [5, 5.41) is 3.78. The normalized spacial score (nSPS) is 12.1. The summed E-state index contributed by atoms with van der Waals surface area (Å²) in [6.45, 7) is 4.04. The Bertz CT molecular complexity index is 560. The molecule has 0 radical (unpaired) electrons. The number of hydrogen-bond donors (Lipinski definition) is 1. The molecule has 0 aliphatic carbocycles. The number of rotatable bonds is 7. The first-order chi connectivity index (χ1) is 10.7. The van der Waals surface area contributed by atoms with E-state index in [9.17, 15) is 9.59 Å². The van der Waals surface area contributed by atoms with Crippen molar-refractivity contribution in [3.05, 3.63) is 33.8 Å². The Kier molecular flexibility index (Phi) is 7.86. The van der Waals surface area contributed by atoms with E-state index in [1.54, 1.807) is 26.2 Å². The molecule has 2 amide bonds. The molecule has 0 unspecified atom stereocenters. The summed E-state index contributed by atoms with van der Waals surface area (Å²) in [6, 6.07) is 4.87. The van der Waals surface area contributed by atoms with Gasteiger partial charge in [-0.25, -0.2) is 0 Å². The van der Waals surface area contributed by atoms with Crippen molar-refractivity contribution in [3.8, 4) is 0 Å². The number of halogens is 2. The van der Waals surface area contributed by atoms with Crippen molar-refractivity contribution in [1.29, 1.82) is 0 Å². The van der Waals surface area contributed by atoms with Crippen LogP contribution in [0.5, 0.6) is 0 Å². The lowest BCUT2D eigenvalue weighted by Gasteiger charge is -2.23. The van der Waals surface area contributed by atoms with Crippen molar-refractivity contribution in [2.45, 2.75) is 39.2 Å². The Morgan fingerprint density at radius 3 is 2.43 bits per heavy atom. The Labute approximate surface area is 148 Å². The monoisotopic (exact) mass is 358 g/mol. The zero-order chi connectivity index (χ0) is 17.6. The second kappa shape index (κ2) is 9.14. The molecule has 0 spiro atoms. The van der Waals surface area contributed by atoms with E-state index >= 15 is 0 Å². The first-order valence-electron chi connectivity index (χ1n) is 7.65. The van der Waals surface area contributed by atoms with Crippen LogP contribution in [-0.2, 0) is 16.0 Å². The zero-order valence-electron chi connectivity index (χ0n) is 14.0. The standard InChI is InChI=1S/C17H24Cl2N2O2/c1-11(2)10-14(17(23)21(3)4)20-15(22)9-8-12-6-5-7-13(18)16(12)19/h5-7,11,14H,8-10H2,1-4H3,(H,20,22)/t14-/m1/s1. The van der Waals surface area contributed by atoms with Crippen LogP contribution in [0.3, 0.4) is 0 Å². The molecule has 0 fully saturated rings. The summed E-state index contributed by atoms with van der Waals surface area (Å²) in [6.07, 6.45) is 1.35. The highest BCUT2D eigenvalue weighted by Crippen LogP contribution is 2.26. The van der Waals surface area contributed by atoms with Crippen molar-refractivity contribution in [2.75, 3.05) is 14.1 Å². The van der Waals surface area contributed by atoms with E-state index in [-0.39, 0.29) is 18.2 Å². The van der Waals surface area contributed by atoms with Crippen LogP contribution in [0.25, 0.3) is 0 Å². The summed E-state index contributed by atoms with van der Waals surface area (Å²) >= 11 is 12.1. The predicted octanol–water partition coefficient (Wildman–Crippen LogP) is 3.55. The highest BCUT2D eigenvalue weighted by Gasteiger charge is 2.23. The maximum atomic E-state index is 12.2. The predicted molar refractivity (Wildman–Crippen MR) is 94.9 cm³/mol. The number of aryl methyl sites for hydroxylation is 1. The van der Waals surface area contributed by atoms with E-state index in [0.29, 0.717) is 28.8 Å². The molecule has 0 bridgehead atoms. The van der Waals surface area contributed by atoms with Gasteiger partial charge in [-0.05, 0) is 30.4 Å². The molecule has 1 atom stereocenters. The highest BCUT2D eigenvalue weighted by atomic mass is 35.5. The molecule has 0 aliphatic heterocycles. The van der Waals surface area contributed by atoms with Gasteiger partial charge in [-0.2, -0.15) is 0 Å². The van der Waals surface area contributed by atoms with Crippen LogP contribution >= 0.6 is 23.2 Å². The Hall–Kier alpha value is -1.26. The third-order valence-corrected chi connectivity index (χ3v) is 4.29. The number of nitrogens with one attached hydrogen (secondary N) is 1. The molecule has 1 N–H and O–H groups in total. The minimum absolute atomic E-state index is 0.0900. The van der Waals surface area contributed by atoms with Crippen LogP contribution in [0.4, 0.5) is 0 Å². The number of hydrogen-bond acceptors (Lipinski definition) is 2. The molecule has 4 nitrogen and oxygen atoms in total. The van der Waals surface area contributed by atoms with Crippen molar-refractivity contribution < 1.29 is 9.59 Å². The van der Waals surface area contributed by atoms with Gasteiger partial charge in [0.1, 0.15) is 6.04 Å². The van der Waals surface area contributed by atoms with Gasteiger partial charge in [0, 0.05) is 20.5 Å². The molecule has 23 heavy (non-hydrogen) atoms. The molecule has 0 saturated heterocycles. The molecule has 1 aromatic carbocycles. The first-order valence-corrected chi connectivity index (χ1v) is 8.41. The van der Waals surface area contributed by atoms with Gasteiger partial charge in [-0.1, -0.05) is 49.2 Å². The van der Waals surface area contributed by atoms with E-state index in [1.807, 2.05) is 19.9 Å². The highest BCUT2D eigenvalue weighted by molar-refractivity contribution is 6.42. The Balaban J connectivity index is 2.65. The van der Waals surface area contributed by atoms with Crippen molar-refractivity contribution in [3.63, 3.8) is 0 Å². The molecule has 6 heteroatoms. The second-order valence-corrected chi connectivity index (χ2v) is 6.98. The van der Waals surface area contributed by atoms with Crippen LogP contribution in [-0.4, -0.2) is 36.9 Å². The van der Waals surface area contributed by atoms with Crippen LogP contribution in [0, 0.1) is 5.92 Å². The van der Waals surface area contributed by atoms with Gasteiger partial charge in [-0.3, -0.25) is 9.59 Å². The quantitative estimate of drug-likeness (QED) is 0.810. The molecule has 0 saturated carbocycles. The van der Waals surface area contributed by atoms with Crippen LogP contribution in [0.15, 0.2) is 18.2 Å². The Morgan fingerprint density at radius 1 is 1.22 bits per heavy atom. The molecule has 0 aliphatic rings. The third-order valence-electron chi connectivity index (χ3n) is 3.43. The van der Waals surface area contributed by atoms with Crippen molar-refractivity contribution in [2.24, 2.45) is 5.92 Å². The first kappa shape index (κ1) is 19.8. The summed E-state index contributed by atoms with van der Waals surface area (Å²) < 4.78 is 0. The number of carbonyl (C=O) groups excluding carboxylic acids is 2. The van der Waals surface area contributed by atoms with E-state index in [2.05, 4.69) is 5.32 Å². The van der Waals surface area contributed by atoms with Gasteiger partial charge >= 0.3 is 0 Å². The van der Waals surface area contributed by atoms with Crippen LogP contribution in [0.1, 0.15) is 32.3 Å². The molecular weight excluding hydrogens is 335 g/mol. The number of carbonyl (C=O) groups is 2. The summed E-state index contributed by atoms with van der Waals surface area (Å²) in [4.78, 5) is 25.8. The maximum absolute atomic E-state index is 12.2. The van der Waals surface area contributed by atoms with Gasteiger partial charge in [0.25, 0.3) is 0 Å². The van der Waals surface area contributed by atoms with Gasteiger partial charge in [-0.15, -0.1) is 0 Å². The minimum atomic E-state index is -0.493. The topological polar surface area (TPSA) is 49.4 Å². The number of likely N-dealkylation sites (N-methyl/N-ethyl adjacent to an activating group) is 1. The molecule has 0 aromatic heterocycles. The maximum Gasteiger partial charge on any atom is 0.244 e. The second-order valence-electron chi connectivity index (χ2n) is 6.20.